The molecule has 0 unspecified atom stereocenters. The van der Waals surface area contributed by atoms with Gasteiger partial charge in [-0.05, 0) is 39.7 Å². The molecule has 1 aromatic carbocycles. The van der Waals surface area contributed by atoms with Crippen LogP contribution < -0.4 is 10.1 Å². The van der Waals surface area contributed by atoms with Crippen LogP contribution in [0.3, 0.4) is 0 Å². The molecule has 0 saturated carbocycles. The maximum atomic E-state index is 11.7. The van der Waals surface area contributed by atoms with Crippen LogP contribution >= 0.6 is 15.9 Å². The van der Waals surface area contributed by atoms with Crippen molar-refractivity contribution in [1.29, 1.82) is 0 Å². The molecule has 1 aliphatic heterocycles. The summed E-state index contributed by atoms with van der Waals surface area (Å²) in [5.41, 5.74) is 0.785. The van der Waals surface area contributed by atoms with Gasteiger partial charge in [0.25, 0.3) is 5.91 Å². The summed E-state index contributed by atoms with van der Waals surface area (Å²) in [5.74, 6) is -0.164. The van der Waals surface area contributed by atoms with Gasteiger partial charge < -0.3 is 15.2 Å². The van der Waals surface area contributed by atoms with Gasteiger partial charge in [-0.3, -0.25) is 9.69 Å². The predicted molar refractivity (Wildman–Crippen MR) is 71.6 cm³/mol. The summed E-state index contributed by atoms with van der Waals surface area (Å²) in [6.45, 7) is 0. The minimum Gasteiger partial charge on any atom is -0.503 e. The zero-order valence-corrected chi connectivity index (χ0v) is 11.8. The second-order valence-corrected chi connectivity index (χ2v) is 4.76. The topological polar surface area (TPSA) is 78.9 Å². The van der Waals surface area contributed by atoms with Crippen molar-refractivity contribution in [1.82, 2.24) is 10.2 Å². The van der Waals surface area contributed by atoms with Gasteiger partial charge >= 0.3 is 6.03 Å². The van der Waals surface area contributed by atoms with E-state index in [1.54, 1.807) is 12.1 Å². The van der Waals surface area contributed by atoms with Crippen LogP contribution in [0.4, 0.5) is 4.79 Å². The number of halogens is 1. The number of imide groups is 1. The van der Waals surface area contributed by atoms with Gasteiger partial charge in [0.15, 0.2) is 11.5 Å². The molecule has 1 heterocycles. The number of hydrogen-bond acceptors (Lipinski definition) is 4. The molecule has 0 radical (unpaired) electrons. The number of rotatable bonds is 2. The summed E-state index contributed by atoms with van der Waals surface area (Å²) in [4.78, 5) is 24.0. The molecule has 3 amide bonds. The number of nitrogens with zero attached hydrogens (tertiary/aromatic N) is 1. The van der Waals surface area contributed by atoms with Crippen molar-refractivity contribution in [3.8, 4) is 11.5 Å². The largest absolute Gasteiger partial charge is 0.503 e. The van der Waals surface area contributed by atoms with Crippen LogP contribution in [0.5, 0.6) is 11.5 Å². The van der Waals surface area contributed by atoms with Crippen molar-refractivity contribution in [3.63, 3.8) is 0 Å². The smallest absolute Gasteiger partial charge is 0.328 e. The van der Waals surface area contributed by atoms with Crippen molar-refractivity contribution >= 4 is 33.9 Å². The molecule has 100 valence electrons. The Morgan fingerprint density at radius 3 is 2.63 bits per heavy atom. The van der Waals surface area contributed by atoms with E-state index >= 15 is 0 Å². The second-order valence-electron chi connectivity index (χ2n) is 3.91. The zero-order valence-electron chi connectivity index (χ0n) is 10.2. The number of amides is 3. The van der Waals surface area contributed by atoms with Crippen LogP contribution in [0.25, 0.3) is 6.08 Å². The highest BCUT2D eigenvalue weighted by molar-refractivity contribution is 9.10. The molecule has 7 heteroatoms. The number of ether oxygens (including phenoxy) is 1. The lowest BCUT2D eigenvalue weighted by Crippen LogP contribution is -2.25. The number of benzene rings is 1. The Kier molecular flexibility index (Phi) is 3.48. The van der Waals surface area contributed by atoms with Gasteiger partial charge in [-0.25, -0.2) is 4.79 Å². The Bertz CT molecular complexity index is 598. The molecular weight excluding hydrogens is 316 g/mol. The SMILES string of the molecule is COc1cc(/C=C2/NC(=O)N(C)C2=O)cc(Br)c1O. The molecular formula is C12H11BrN2O4. The lowest BCUT2D eigenvalue weighted by molar-refractivity contribution is -0.121. The molecule has 1 saturated heterocycles. The third-order valence-electron chi connectivity index (χ3n) is 2.66. The lowest BCUT2D eigenvalue weighted by atomic mass is 10.1. The molecule has 0 aliphatic carbocycles. The van der Waals surface area contributed by atoms with E-state index in [4.69, 9.17) is 4.74 Å². The Morgan fingerprint density at radius 1 is 1.42 bits per heavy atom. The first-order valence-electron chi connectivity index (χ1n) is 5.31. The Morgan fingerprint density at radius 2 is 2.11 bits per heavy atom. The average Bonchev–Trinajstić information content (AvgIpc) is 2.61. The third kappa shape index (κ3) is 2.41. The fraction of sp³-hybridized carbons (Fsp3) is 0.167. The van der Waals surface area contributed by atoms with E-state index in [1.165, 1.54) is 20.2 Å². The number of aromatic hydroxyl groups is 1. The van der Waals surface area contributed by atoms with Gasteiger partial charge in [0.05, 0.1) is 11.6 Å². The summed E-state index contributed by atoms with van der Waals surface area (Å²) in [7, 11) is 2.82. The van der Waals surface area contributed by atoms with E-state index in [0.29, 0.717) is 10.0 Å². The standard InChI is InChI=1S/C12H11BrN2O4/c1-15-11(17)8(14-12(15)18)4-6-3-7(13)10(16)9(5-6)19-2/h3-5,16H,1-2H3,(H,14,18)/b8-4+. The molecule has 6 nitrogen and oxygen atoms in total. The first-order chi connectivity index (χ1) is 8.93. The monoisotopic (exact) mass is 326 g/mol. The number of carbonyl (C=O) groups is 2. The van der Waals surface area contributed by atoms with E-state index in [1.807, 2.05) is 0 Å². The summed E-state index contributed by atoms with van der Waals surface area (Å²) < 4.78 is 5.44. The zero-order chi connectivity index (χ0) is 14.2. The molecule has 19 heavy (non-hydrogen) atoms. The number of hydrogen-bond donors (Lipinski definition) is 2. The molecule has 1 aliphatic rings. The van der Waals surface area contributed by atoms with Crippen LogP contribution in [0.2, 0.25) is 0 Å². The van der Waals surface area contributed by atoms with E-state index in [0.717, 1.165) is 4.90 Å². The normalized spacial score (nSPS) is 17.0. The van der Waals surface area contributed by atoms with Crippen molar-refractivity contribution in [2.75, 3.05) is 14.2 Å². The van der Waals surface area contributed by atoms with Crippen LogP contribution in [0, 0.1) is 0 Å². The summed E-state index contributed by atoms with van der Waals surface area (Å²) in [5, 5.41) is 12.1. The van der Waals surface area contributed by atoms with Crippen molar-refractivity contribution in [2.24, 2.45) is 0 Å². The Balaban J connectivity index is 2.42. The van der Waals surface area contributed by atoms with Gasteiger partial charge in [0, 0.05) is 7.05 Å². The number of carbonyl (C=O) groups excluding carboxylic acids is 2. The number of methoxy groups -OCH3 is 1. The Labute approximate surface area is 117 Å². The molecule has 0 spiro atoms. The number of nitrogens with one attached hydrogen (secondary N) is 1. The van der Waals surface area contributed by atoms with E-state index < -0.39 is 11.9 Å². The highest BCUT2D eigenvalue weighted by Gasteiger charge is 2.30. The van der Waals surface area contributed by atoms with Crippen molar-refractivity contribution < 1.29 is 19.4 Å². The van der Waals surface area contributed by atoms with Gasteiger partial charge in [0.2, 0.25) is 0 Å². The van der Waals surface area contributed by atoms with Crippen LogP contribution in [0.15, 0.2) is 22.3 Å². The quantitative estimate of drug-likeness (QED) is 0.640. The van der Waals surface area contributed by atoms with Gasteiger partial charge in [0.1, 0.15) is 5.70 Å². The van der Waals surface area contributed by atoms with Crippen molar-refractivity contribution in [2.45, 2.75) is 0 Å². The number of phenolic OH excluding ortho intramolecular Hbond substituents is 1. The number of likely N-dealkylation sites (N-methyl/N-ethyl adjacent to an activating group) is 1. The van der Waals surface area contributed by atoms with Gasteiger partial charge in [-0.2, -0.15) is 0 Å². The highest BCUT2D eigenvalue weighted by Crippen LogP contribution is 2.35. The fourth-order valence-corrected chi connectivity index (χ4v) is 2.08. The maximum absolute atomic E-state index is 11.7. The minimum absolute atomic E-state index is 0.0245. The van der Waals surface area contributed by atoms with Crippen LogP contribution in [-0.4, -0.2) is 36.1 Å². The maximum Gasteiger partial charge on any atom is 0.328 e. The van der Waals surface area contributed by atoms with Gasteiger partial charge in [-0.1, -0.05) is 0 Å². The first-order valence-corrected chi connectivity index (χ1v) is 6.10. The van der Waals surface area contributed by atoms with Crippen molar-refractivity contribution in [3.05, 3.63) is 27.9 Å². The first kappa shape index (κ1) is 13.4. The summed E-state index contributed by atoms with van der Waals surface area (Å²) in [6.07, 6.45) is 1.51. The number of phenols is 1. The molecule has 1 fully saturated rings. The molecule has 0 bridgehead atoms. The second kappa shape index (κ2) is 4.93. The van der Waals surface area contributed by atoms with Gasteiger partial charge in [-0.15, -0.1) is 0 Å². The minimum atomic E-state index is -0.471. The Hall–Kier alpha value is -2.02. The summed E-state index contributed by atoms with van der Waals surface area (Å²) >= 11 is 3.18. The van der Waals surface area contributed by atoms with Crippen LogP contribution in [-0.2, 0) is 4.79 Å². The fourth-order valence-electron chi connectivity index (χ4n) is 1.62. The molecule has 2 N–H and O–H groups in total. The van der Waals surface area contributed by atoms with E-state index in [9.17, 15) is 14.7 Å². The molecule has 0 aromatic heterocycles. The van der Waals surface area contributed by atoms with E-state index in [-0.39, 0.29) is 17.2 Å². The number of urea groups is 1. The van der Waals surface area contributed by atoms with E-state index in [2.05, 4.69) is 21.2 Å². The molecule has 1 aromatic rings. The molecule has 2 rings (SSSR count). The average molecular weight is 327 g/mol. The molecule has 0 atom stereocenters. The predicted octanol–water partition coefficient (Wildman–Crippen LogP) is 1.69. The lowest BCUT2D eigenvalue weighted by Gasteiger charge is -2.07. The third-order valence-corrected chi connectivity index (χ3v) is 3.27. The highest BCUT2D eigenvalue weighted by atomic mass is 79.9. The summed E-state index contributed by atoms with van der Waals surface area (Å²) in [6, 6.07) is 2.70. The van der Waals surface area contributed by atoms with Crippen LogP contribution in [0.1, 0.15) is 5.56 Å².